The van der Waals surface area contributed by atoms with Crippen molar-refractivity contribution in [1.29, 1.82) is 0 Å². The molecule has 0 fully saturated rings. The molecule has 0 unspecified atom stereocenters. The van der Waals surface area contributed by atoms with Crippen molar-refractivity contribution < 1.29 is 4.79 Å². The van der Waals surface area contributed by atoms with Gasteiger partial charge in [-0.15, -0.1) is 22.7 Å². The summed E-state index contributed by atoms with van der Waals surface area (Å²) < 4.78 is 0. The minimum absolute atomic E-state index is 0.00219. The third kappa shape index (κ3) is 3.48. The number of hydrogen-bond donors (Lipinski definition) is 0. The molecule has 0 bridgehead atoms. The third-order valence-electron chi connectivity index (χ3n) is 3.42. The van der Waals surface area contributed by atoms with E-state index < -0.39 is 0 Å². The Hall–Kier alpha value is -2.05. The average Bonchev–Trinajstić information content (AvgIpc) is 3.13. The fraction of sp³-hybridized carbons (Fsp3) is 0.235. The predicted octanol–water partition coefficient (Wildman–Crippen LogP) is 4.16. The van der Waals surface area contributed by atoms with E-state index in [0.717, 1.165) is 27.0 Å². The summed E-state index contributed by atoms with van der Waals surface area (Å²) in [6.07, 6.45) is 0. The first-order valence-corrected chi connectivity index (χ1v) is 8.93. The van der Waals surface area contributed by atoms with Crippen molar-refractivity contribution >= 4 is 28.6 Å². The van der Waals surface area contributed by atoms with Gasteiger partial charge in [-0.2, -0.15) is 0 Å². The first-order valence-electron chi connectivity index (χ1n) is 7.24. The largest absolute Gasteiger partial charge is 0.335 e. The van der Waals surface area contributed by atoms with Gasteiger partial charge in [-0.25, -0.2) is 9.97 Å². The van der Waals surface area contributed by atoms with E-state index in [-0.39, 0.29) is 5.91 Å². The van der Waals surface area contributed by atoms with Crippen LogP contribution in [0, 0.1) is 13.8 Å². The molecule has 118 valence electrons. The Morgan fingerprint density at radius 3 is 2.57 bits per heavy atom. The van der Waals surface area contributed by atoms with Crippen LogP contribution in [0.2, 0.25) is 0 Å². The lowest BCUT2D eigenvalue weighted by Crippen LogP contribution is -2.26. The molecule has 0 atom stereocenters. The molecule has 3 rings (SSSR count). The van der Waals surface area contributed by atoms with Crippen LogP contribution in [-0.4, -0.2) is 27.8 Å². The number of thiazole rings is 2. The van der Waals surface area contributed by atoms with E-state index in [1.807, 2.05) is 49.6 Å². The highest BCUT2D eigenvalue weighted by Gasteiger charge is 2.19. The smallest absolute Gasteiger partial charge is 0.265 e. The Morgan fingerprint density at radius 2 is 1.91 bits per heavy atom. The zero-order valence-electron chi connectivity index (χ0n) is 13.2. The SMILES string of the molecule is Cc1nc(C)c(C(=O)N(C)Cc2csc(-c3ccccc3)n2)s1. The van der Waals surface area contributed by atoms with Crippen LogP contribution in [0.15, 0.2) is 35.7 Å². The van der Waals surface area contributed by atoms with E-state index in [1.54, 1.807) is 23.3 Å². The maximum Gasteiger partial charge on any atom is 0.265 e. The van der Waals surface area contributed by atoms with Gasteiger partial charge in [0.1, 0.15) is 9.88 Å². The van der Waals surface area contributed by atoms with Crippen molar-refractivity contribution in [2.24, 2.45) is 0 Å². The molecule has 0 N–H and O–H groups in total. The van der Waals surface area contributed by atoms with E-state index in [1.165, 1.54) is 11.3 Å². The van der Waals surface area contributed by atoms with E-state index in [0.29, 0.717) is 11.4 Å². The molecule has 3 aromatic rings. The second-order valence-corrected chi connectivity index (χ2v) is 7.38. The summed E-state index contributed by atoms with van der Waals surface area (Å²) in [7, 11) is 1.80. The predicted molar refractivity (Wildman–Crippen MR) is 94.9 cm³/mol. The van der Waals surface area contributed by atoms with Crippen LogP contribution in [0.5, 0.6) is 0 Å². The number of aryl methyl sites for hydroxylation is 2. The summed E-state index contributed by atoms with van der Waals surface area (Å²) in [6.45, 7) is 4.29. The van der Waals surface area contributed by atoms with Crippen LogP contribution in [0.3, 0.4) is 0 Å². The molecule has 1 aromatic carbocycles. The highest BCUT2D eigenvalue weighted by atomic mass is 32.1. The van der Waals surface area contributed by atoms with E-state index in [2.05, 4.69) is 9.97 Å². The Morgan fingerprint density at radius 1 is 1.17 bits per heavy atom. The van der Waals surface area contributed by atoms with Crippen molar-refractivity contribution in [3.63, 3.8) is 0 Å². The van der Waals surface area contributed by atoms with Gasteiger partial charge < -0.3 is 4.90 Å². The van der Waals surface area contributed by atoms with Crippen molar-refractivity contribution in [3.05, 3.63) is 57.0 Å². The van der Waals surface area contributed by atoms with Crippen LogP contribution in [0.25, 0.3) is 10.6 Å². The van der Waals surface area contributed by atoms with Gasteiger partial charge in [-0.3, -0.25) is 4.79 Å². The van der Waals surface area contributed by atoms with Gasteiger partial charge in [0, 0.05) is 18.0 Å². The molecule has 4 nitrogen and oxygen atoms in total. The van der Waals surface area contributed by atoms with Gasteiger partial charge in [0.2, 0.25) is 0 Å². The number of nitrogens with zero attached hydrogens (tertiary/aromatic N) is 3. The molecule has 0 saturated carbocycles. The summed E-state index contributed by atoms with van der Waals surface area (Å²) in [5.74, 6) is 0.00219. The molecule has 2 aromatic heterocycles. The standard InChI is InChI=1S/C17H17N3OS2/c1-11-15(23-12(2)18-11)17(21)20(3)9-14-10-22-16(19-14)13-7-5-4-6-8-13/h4-8,10H,9H2,1-3H3. The quantitative estimate of drug-likeness (QED) is 0.715. The molecule has 0 spiro atoms. The molecule has 23 heavy (non-hydrogen) atoms. The van der Waals surface area contributed by atoms with Gasteiger partial charge in [0.15, 0.2) is 0 Å². The molecular formula is C17H17N3OS2. The number of carbonyl (C=O) groups is 1. The minimum Gasteiger partial charge on any atom is -0.335 e. The number of rotatable bonds is 4. The Bertz CT molecular complexity index is 823. The van der Waals surface area contributed by atoms with E-state index in [9.17, 15) is 4.79 Å². The van der Waals surface area contributed by atoms with Crippen molar-refractivity contribution in [1.82, 2.24) is 14.9 Å². The fourth-order valence-electron chi connectivity index (χ4n) is 2.31. The van der Waals surface area contributed by atoms with Gasteiger partial charge in [0.25, 0.3) is 5.91 Å². The van der Waals surface area contributed by atoms with Gasteiger partial charge in [-0.05, 0) is 13.8 Å². The van der Waals surface area contributed by atoms with Crippen molar-refractivity contribution in [2.75, 3.05) is 7.05 Å². The molecular weight excluding hydrogens is 326 g/mol. The van der Waals surface area contributed by atoms with Crippen molar-refractivity contribution in [3.8, 4) is 10.6 Å². The summed E-state index contributed by atoms with van der Waals surface area (Å²) >= 11 is 3.04. The maximum atomic E-state index is 12.5. The zero-order chi connectivity index (χ0) is 16.4. The number of carbonyl (C=O) groups excluding carboxylic acids is 1. The molecule has 0 saturated heterocycles. The van der Waals surface area contributed by atoms with Crippen LogP contribution in [-0.2, 0) is 6.54 Å². The molecule has 1 amide bonds. The van der Waals surface area contributed by atoms with Crippen LogP contribution in [0.1, 0.15) is 26.1 Å². The second kappa shape index (κ2) is 6.60. The second-order valence-electron chi connectivity index (χ2n) is 5.32. The topological polar surface area (TPSA) is 46.1 Å². The number of amides is 1. The van der Waals surface area contributed by atoms with E-state index >= 15 is 0 Å². The zero-order valence-corrected chi connectivity index (χ0v) is 14.9. The lowest BCUT2D eigenvalue weighted by molar-refractivity contribution is 0.0787. The Balaban J connectivity index is 1.73. The van der Waals surface area contributed by atoms with Crippen LogP contribution < -0.4 is 0 Å². The third-order valence-corrected chi connectivity index (χ3v) is 5.42. The van der Waals surface area contributed by atoms with E-state index in [4.69, 9.17) is 0 Å². The van der Waals surface area contributed by atoms with Crippen LogP contribution >= 0.6 is 22.7 Å². The number of benzene rings is 1. The first-order chi connectivity index (χ1) is 11.0. The molecule has 0 aliphatic heterocycles. The maximum absolute atomic E-state index is 12.5. The van der Waals surface area contributed by atoms with Gasteiger partial charge in [0.05, 0.1) is 22.9 Å². The highest BCUT2D eigenvalue weighted by Crippen LogP contribution is 2.24. The first kappa shape index (κ1) is 15.8. The van der Waals surface area contributed by atoms with Crippen LogP contribution in [0.4, 0.5) is 0 Å². The Kier molecular flexibility index (Phi) is 4.54. The normalized spacial score (nSPS) is 10.7. The Labute approximate surface area is 143 Å². The summed E-state index contributed by atoms with van der Waals surface area (Å²) in [4.78, 5) is 23.9. The number of aromatic nitrogens is 2. The number of hydrogen-bond acceptors (Lipinski definition) is 5. The summed E-state index contributed by atoms with van der Waals surface area (Å²) in [5, 5.41) is 3.90. The lowest BCUT2D eigenvalue weighted by atomic mass is 10.2. The fourth-order valence-corrected chi connectivity index (χ4v) is 4.04. The molecule has 2 heterocycles. The monoisotopic (exact) mass is 343 g/mol. The molecule has 6 heteroatoms. The summed E-state index contributed by atoms with van der Waals surface area (Å²) in [6, 6.07) is 10.1. The average molecular weight is 343 g/mol. The highest BCUT2D eigenvalue weighted by molar-refractivity contribution is 7.13. The molecule has 0 aliphatic carbocycles. The summed E-state index contributed by atoms with van der Waals surface area (Å²) in [5.41, 5.74) is 2.81. The van der Waals surface area contributed by atoms with Gasteiger partial charge in [-0.1, -0.05) is 30.3 Å². The van der Waals surface area contributed by atoms with Gasteiger partial charge >= 0.3 is 0 Å². The molecule has 0 radical (unpaired) electrons. The van der Waals surface area contributed by atoms with Crippen molar-refractivity contribution in [2.45, 2.75) is 20.4 Å². The minimum atomic E-state index is 0.00219. The lowest BCUT2D eigenvalue weighted by Gasteiger charge is -2.14. The molecule has 0 aliphatic rings.